The van der Waals surface area contributed by atoms with Crippen LogP contribution >= 0.6 is 0 Å². The fourth-order valence-corrected chi connectivity index (χ4v) is 2.27. The maximum Gasteiger partial charge on any atom is 0.124 e. The van der Waals surface area contributed by atoms with E-state index in [4.69, 9.17) is 10.5 Å². The molecule has 1 aliphatic heterocycles. The number of aryl methyl sites for hydroxylation is 1. The summed E-state index contributed by atoms with van der Waals surface area (Å²) in [4.78, 5) is 0. The van der Waals surface area contributed by atoms with Gasteiger partial charge in [0, 0.05) is 24.6 Å². The number of ether oxygens (including phenoxy) is 1. The van der Waals surface area contributed by atoms with Crippen LogP contribution in [0.5, 0.6) is 0 Å². The van der Waals surface area contributed by atoms with E-state index in [9.17, 15) is 0 Å². The van der Waals surface area contributed by atoms with Gasteiger partial charge in [-0.1, -0.05) is 13.8 Å². The van der Waals surface area contributed by atoms with Gasteiger partial charge < -0.3 is 10.5 Å². The van der Waals surface area contributed by atoms with Gasteiger partial charge in [-0.3, -0.25) is 4.68 Å². The van der Waals surface area contributed by atoms with Crippen LogP contribution in [0.2, 0.25) is 0 Å². The summed E-state index contributed by atoms with van der Waals surface area (Å²) < 4.78 is 7.25. The van der Waals surface area contributed by atoms with E-state index in [1.807, 2.05) is 7.05 Å². The summed E-state index contributed by atoms with van der Waals surface area (Å²) in [5.74, 6) is 0.792. The quantitative estimate of drug-likeness (QED) is 0.797. The van der Waals surface area contributed by atoms with Crippen molar-refractivity contribution in [1.82, 2.24) is 9.78 Å². The zero-order valence-corrected chi connectivity index (χ0v) is 9.71. The minimum Gasteiger partial charge on any atom is -0.384 e. The molecule has 2 rings (SSSR count). The second kappa shape index (κ2) is 3.52. The molecule has 1 aliphatic rings. The third-order valence-corrected chi connectivity index (χ3v) is 3.34. The largest absolute Gasteiger partial charge is 0.384 e. The van der Waals surface area contributed by atoms with Crippen LogP contribution in [0.25, 0.3) is 0 Å². The van der Waals surface area contributed by atoms with Crippen LogP contribution in [-0.4, -0.2) is 23.0 Å². The molecule has 15 heavy (non-hydrogen) atoms. The second-order valence-electron chi connectivity index (χ2n) is 4.55. The summed E-state index contributed by atoms with van der Waals surface area (Å²) >= 11 is 0. The van der Waals surface area contributed by atoms with E-state index in [1.54, 1.807) is 4.68 Å². The van der Waals surface area contributed by atoms with Gasteiger partial charge >= 0.3 is 0 Å². The lowest BCUT2D eigenvalue weighted by Gasteiger charge is -2.20. The average Bonchev–Trinajstić information content (AvgIpc) is 2.75. The van der Waals surface area contributed by atoms with Crippen LogP contribution in [0.1, 0.15) is 31.5 Å². The molecule has 1 fully saturated rings. The Kier molecular flexibility index (Phi) is 2.46. The molecule has 1 atom stereocenters. The summed E-state index contributed by atoms with van der Waals surface area (Å²) in [6.45, 7) is 5.92. The smallest absolute Gasteiger partial charge is 0.124 e. The summed E-state index contributed by atoms with van der Waals surface area (Å²) in [6.07, 6.45) is 1.97. The fourth-order valence-electron chi connectivity index (χ4n) is 2.27. The molecule has 1 aromatic rings. The standard InChI is InChI=1S/C11H19N3O/c1-4-8-9(13-14(3)10(8)12)11(2)5-6-15-7-11/h4-7,12H2,1-3H3. The van der Waals surface area contributed by atoms with Crippen molar-refractivity contribution < 1.29 is 4.74 Å². The average molecular weight is 209 g/mol. The van der Waals surface area contributed by atoms with Crippen molar-refractivity contribution in [1.29, 1.82) is 0 Å². The molecule has 0 spiro atoms. The monoisotopic (exact) mass is 209 g/mol. The first-order valence-corrected chi connectivity index (χ1v) is 5.48. The highest BCUT2D eigenvalue weighted by Gasteiger charge is 2.36. The summed E-state index contributed by atoms with van der Waals surface area (Å²) in [5.41, 5.74) is 8.37. The molecule has 0 saturated carbocycles. The molecular formula is C11H19N3O. The Morgan fingerprint density at radius 1 is 1.60 bits per heavy atom. The minimum atomic E-state index is 0.0563. The van der Waals surface area contributed by atoms with Crippen molar-refractivity contribution in [3.8, 4) is 0 Å². The lowest BCUT2D eigenvalue weighted by molar-refractivity contribution is 0.179. The fraction of sp³-hybridized carbons (Fsp3) is 0.727. The van der Waals surface area contributed by atoms with E-state index >= 15 is 0 Å². The molecule has 2 N–H and O–H groups in total. The number of nitrogen functional groups attached to an aromatic ring is 1. The molecule has 0 bridgehead atoms. The molecule has 0 aromatic carbocycles. The van der Waals surface area contributed by atoms with Gasteiger partial charge in [0.05, 0.1) is 12.3 Å². The summed E-state index contributed by atoms with van der Waals surface area (Å²) in [5, 5.41) is 4.55. The normalized spacial score (nSPS) is 26.1. The van der Waals surface area contributed by atoms with Gasteiger partial charge in [-0.05, 0) is 12.8 Å². The predicted molar refractivity (Wildman–Crippen MR) is 59.8 cm³/mol. The maximum atomic E-state index is 6.00. The van der Waals surface area contributed by atoms with Crippen LogP contribution in [0.4, 0.5) is 5.82 Å². The van der Waals surface area contributed by atoms with Gasteiger partial charge in [-0.2, -0.15) is 5.10 Å². The van der Waals surface area contributed by atoms with Gasteiger partial charge in [0.1, 0.15) is 5.82 Å². The van der Waals surface area contributed by atoms with E-state index < -0.39 is 0 Å². The number of aromatic nitrogens is 2. The van der Waals surface area contributed by atoms with Crippen LogP contribution in [0.15, 0.2) is 0 Å². The maximum absolute atomic E-state index is 6.00. The Morgan fingerprint density at radius 3 is 2.87 bits per heavy atom. The van der Waals surface area contributed by atoms with Crippen molar-refractivity contribution in [2.75, 3.05) is 18.9 Å². The molecule has 1 saturated heterocycles. The highest BCUT2D eigenvalue weighted by Crippen LogP contribution is 2.35. The molecule has 4 nitrogen and oxygen atoms in total. The minimum absolute atomic E-state index is 0.0563. The van der Waals surface area contributed by atoms with Gasteiger partial charge in [0.15, 0.2) is 0 Å². The van der Waals surface area contributed by atoms with Crippen LogP contribution in [0.3, 0.4) is 0 Å². The van der Waals surface area contributed by atoms with Crippen molar-refractivity contribution >= 4 is 5.82 Å². The van der Waals surface area contributed by atoms with Gasteiger partial charge in [-0.25, -0.2) is 0 Å². The summed E-state index contributed by atoms with van der Waals surface area (Å²) in [7, 11) is 1.90. The van der Waals surface area contributed by atoms with Crippen LogP contribution in [0, 0.1) is 0 Å². The molecule has 1 aromatic heterocycles. The molecular weight excluding hydrogens is 190 g/mol. The van der Waals surface area contributed by atoms with E-state index in [0.717, 1.165) is 37.6 Å². The van der Waals surface area contributed by atoms with E-state index in [1.165, 1.54) is 5.56 Å². The number of rotatable bonds is 2. The summed E-state index contributed by atoms with van der Waals surface area (Å²) in [6, 6.07) is 0. The molecule has 0 amide bonds. The van der Waals surface area contributed by atoms with E-state index in [2.05, 4.69) is 18.9 Å². The lowest BCUT2D eigenvalue weighted by atomic mass is 9.83. The number of nitrogens with zero attached hydrogens (tertiary/aromatic N) is 2. The first-order chi connectivity index (χ1) is 7.08. The van der Waals surface area contributed by atoms with Crippen LogP contribution < -0.4 is 5.73 Å². The zero-order valence-electron chi connectivity index (χ0n) is 9.71. The molecule has 4 heteroatoms. The Bertz CT molecular complexity index is 364. The van der Waals surface area contributed by atoms with Gasteiger partial charge in [0.2, 0.25) is 0 Å². The van der Waals surface area contributed by atoms with Crippen LogP contribution in [-0.2, 0) is 23.6 Å². The lowest BCUT2D eigenvalue weighted by Crippen LogP contribution is -2.24. The van der Waals surface area contributed by atoms with E-state index in [0.29, 0.717) is 0 Å². The van der Waals surface area contributed by atoms with Crippen molar-refractivity contribution in [2.45, 2.75) is 32.1 Å². The molecule has 84 valence electrons. The predicted octanol–water partition coefficient (Wildman–Crippen LogP) is 1.24. The van der Waals surface area contributed by atoms with Crippen molar-refractivity contribution in [3.05, 3.63) is 11.3 Å². The first kappa shape index (κ1) is 10.5. The highest BCUT2D eigenvalue weighted by atomic mass is 16.5. The third kappa shape index (κ3) is 1.53. The molecule has 0 aliphatic carbocycles. The van der Waals surface area contributed by atoms with Gasteiger partial charge in [-0.15, -0.1) is 0 Å². The van der Waals surface area contributed by atoms with Crippen molar-refractivity contribution in [2.24, 2.45) is 7.05 Å². The number of hydrogen-bond acceptors (Lipinski definition) is 3. The highest BCUT2D eigenvalue weighted by molar-refractivity contribution is 5.46. The van der Waals surface area contributed by atoms with Gasteiger partial charge in [0.25, 0.3) is 0 Å². The first-order valence-electron chi connectivity index (χ1n) is 5.48. The van der Waals surface area contributed by atoms with Crippen molar-refractivity contribution in [3.63, 3.8) is 0 Å². The topological polar surface area (TPSA) is 53.1 Å². The Morgan fingerprint density at radius 2 is 2.33 bits per heavy atom. The molecule has 1 unspecified atom stereocenters. The Labute approximate surface area is 90.4 Å². The number of hydrogen-bond donors (Lipinski definition) is 1. The Balaban J connectivity index is 2.47. The number of anilines is 1. The number of nitrogens with two attached hydrogens (primary N) is 1. The molecule has 2 heterocycles. The zero-order chi connectivity index (χ0) is 11.1. The molecule has 0 radical (unpaired) electrons. The second-order valence-corrected chi connectivity index (χ2v) is 4.55. The third-order valence-electron chi connectivity index (χ3n) is 3.34. The SMILES string of the molecule is CCc1c(C2(C)CCOC2)nn(C)c1N. The van der Waals surface area contributed by atoms with E-state index in [-0.39, 0.29) is 5.41 Å². The Hall–Kier alpha value is -1.03.